The number of para-hydroxylation sites is 2. The Morgan fingerprint density at radius 2 is 0.467 bits per heavy atom. The van der Waals surface area contributed by atoms with Crippen molar-refractivity contribution >= 4 is 142 Å². The van der Waals surface area contributed by atoms with Crippen molar-refractivity contribution in [2.24, 2.45) is 0 Å². The molecule has 0 N–H and O–H groups in total. The molecule has 6 aromatic heterocycles. The van der Waals surface area contributed by atoms with Gasteiger partial charge in [-0.1, -0.05) is 279 Å². The average molecular weight is 1530 g/mol. The molecule has 0 spiro atoms. The van der Waals surface area contributed by atoms with Gasteiger partial charge in [0.25, 0.3) is 0 Å². The van der Waals surface area contributed by atoms with Gasteiger partial charge in [-0.2, -0.15) is 0 Å². The van der Waals surface area contributed by atoms with Crippen LogP contribution in [0.1, 0.15) is 0 Å². The van der Waals surface area contributed by atoms with Gasteiger partial charge in [0.15, 0.2) is 34.9 Å². The van der Waals surface area contributed by atoms with Crippen LogP contribution >= 0.6 is 0 Å². The zero-order valence-electron chi connectivity index (χ0n) is 64.1. The molecular weight excluding hydrogens is 1470 g/mol. The normalized spacial score (nSPS) is 12.0. The minimum absolute atomic E-state index is 0.541. The summed E-state index contributed by atoms with van der Waals surface area (Å²) in [4.78, 5) is 32.4. The molecule has 0 saturated carbocycles. The van der Waals surface area contributed by atoms with Gasteiger partial charge in [-0.15, -0.1) is 0 Å². The monoisotopic (exact) mass is 1530 g/mol. The third-order valence-electron chi connectivity index (χ3n) is 24.2. The van der Waals surface area contributed by atoms with Gasteiger partial charge in [-0.3, -0.25) is 0 Å². The van der Waals surface area contributed by atoms with E-state index in [0.29, 0.717) is 34.9 Å². The second-order valence-corrected chi connectivity index (χ2v) is 31.1. The van der Waals surface area contributed by atoms with Gasteiger partial charge in [0.2, 0.25) is 0 Å². The van der Waals surface area contributed by atoms with Crippen molar-refractivity contribution < 1.29 is 17.7 Å². The van der Waals surface area contributed by atoms with E-state index in [1.807, 2.05) is 48.5 Å². The van der Waals surface area contributed by atoms with E-state index in [0.717, 1.165) is 214 Å². The largest absolute Gasteiger partial charge is 0.456 e. The smallest absolute Gasteiger partial charge is 0.164 e. The van der Waals surface area contributed by atoms with Crippen molar-refractivity contribution in [3.63, 3.8) is 0 Å². The molecule has 0 aliphatic carbocycles. The van der Waals surface area contributed by atoms with E-state index in [1.165, 1.54) is 16.3 Å². The Kier molecular flexibility index (Phi) is 14.9. The summed E-state index contributed by atoms with van der Waals surface area (Å²) in [7, 11) is 0. The first-order valence-electron chi connectivity index (χ1n) is 40.3. The SMILES string of the molecule is c1ccc(-c2ccc3cc(-c4nc(-c5cccc6c5ccc5oc7cc(-c8ccc9cc(-c%10ccc%11c(c%10)oc%10cccc(-c%12nc(-c%13ccc(-c%14ccc%15ccccc%15c%14)cc%13)nc(-c%13cccc%14c%13ccc%13oc%15ccccc%15c%13%14)n%12)c%10%11)ccc9c8)ccc7c56)nc(-c5cccc6oc7c(-c8ccccc8)cccc7c56)n4)ccc3c2)cc1. The fourth-order valence-corrected chi connectivity index (χ4v) is 18.3. The third kappa shape index (κ3) is 11.0. The number of nitrogens with zero attached hydrogens (tertiary/aromatic N) is 6. The van der Waals surface area contributed by atoms with Crippen LogP contribution in [0.3, 0.4) is 0 Å². The van der Waals surface area contributed by atoms with Gasteiger partial charge in [0, 0.05) is 82.0 Å². The predicted molar refractivity (Wildman–Crippen MR) is 490 cm³/mol. The van der Waals surface area contributed by atoms with Gasteiger partial charge < -0.3 is 17.7 Å². The molecule has 0 aliphatic heterocycles. The van der Waals surface area contributed by atoms with E-state index in [-0.39, 0.29) is 0 Å². The van der Waals surface area contributed by atoms with E-state index in [2.05, 4.69) is 328 Å². The molecule has 556 valence electrons. The summed E-state index contributed by atoms with van der Waals surface area (Å²) in [6.45, 7) is 0. The maximum absolute atomic E-state index is 6.85. The number of fused-ring (bicyclic) bond motifs is 19. The summed E-state index contributed by atoms with van der Waals surface area (Å²) < 4.78 is 26.9. The molecule has 0 aliphatic rings. The summed E-state index contributed by atoms with van der Waals surface area (Å²) in [5, 5.41) is 18.9. The van der Waals surface area contributed by atoms with Crippen LogP contribution in [0.25, 0.3) is 266 Å². The first-order chi connectivity index (χ1) is 59.4. The Morgan fingerprint density at radius 3 is 1.05 bits per heavy atom. The molecule has 0 radical (unpaired) electrons. The first kappa shape index (κ1) is 67.1. The number of benzene rings is 19. The van der Waals surface area contributed by atoms with Gasteiger partial charge in [-0.05, 0) is 201 Å². The summed E-state index contributed by atoms with van der Waals surface area (Å²) in [5.41, 5.74) is 22.4. The number of rotatable bonds is 11. The highest BCUT2D eigenvalue weighted by Gasteiger charge is 2.25. The van der Waals surface area contributed by atoms with Crippen molar-refractivity contribution in [2.75, 3.05) is 0 Å². The minimum Gasteiger partial charge on any atom is -0.456 e. The topological polar surface area (TPSA) is 130 Å². The molecule has 0 fully saturated rings. The molecule has 0 unspecified atom stereocenters. The zero-order valence-corrected chi connectivity index (χ0v) is 64.1. The third-order valence-corrected chi connectivity index (χ3v) is 24.2. The second-order valence-electron chi connectivity index (χ2n) is 31.1. The minimum atomic E-state index is 0.541. The van der Waals surface area contributed by atoms with Crippen LogP contribution in [0, 0.1) is 0 Å². The maximum Gasteiger partial charge on any atom is 0.164 e. The van der Waals surface area contributed by atoms with Crippen LogP contribution in [-0.2, 0) is 0 Å². The molecule has 0 atom stereocenters. The van der Waals surface area contributed by atoms with Gasteiger partial charge in [0.1, 0.15) is 44.7 Å². The highest BCUT2D eigenvalue weighted by atomic mass is 16.3. The molecule has 10 heteroatoms. The van der Waals surface area contributed by atoms with E-state index in [1.54, 1.807) is 0 Å². The predicted octanol–water partition coefficient (Wildman–Crippen LogP) is 29.8. The van der Waals surface area contributed by atoms with Gasteiger partial charge >= 0.3 is 0 Å². The Balaban J connectivity index is 0.547. The molecule has 0 amide bonds. The summed E-state index contributed by atoms with van der Waals surface area (Å²) in [6, 6.07) is 132. The lowest BCUT2D eigenvalue weighted by Gasteiger charge is -2.12. The molecule has 19 aromatic carbocycles. The fraction of sp³-hybridized carbons (Fsp3) is 0. The van der Waals surface area contributed by atoms with Crippen molar-refractivity contribution in [1.82, 2.24) is 29.9 Å². The van der Waals surface area contributed by atoms with Crippen LogP contribution in [-0.4, -0.2) is 29.9 Å². The Morgan fingerprint density at radius 1 is 0.142 bits per heavy atom. The Labute approximate surface area is 684 Å². The standard InChI is InChI=1S/C110H62N6O4/c1-3-16-63(17-4-1)69-40-41-76-60-79(47-46-73(76)57-69)106-113-108(116-110(114-106)92-30-15-33-95-103(92)90-28-11-23-80(104(90)120-95)66-19-5-2-6-20-66)86-27-13-25-84-82(86)53-55-97-101(84)88-50-48-77(61-98(88)119-97)74-44-42-72-59-75(45-43-71(72)58-74)78-49-51-89-99(62-78)118-94-32-14-29-91(102(89)94)109-112-105(67-37-34-65(35-38-67)70-39-36-64-18-7-8-21-68(64)56-70)111-107(115-109)85-26-12-24-83-81(85)52-54-96-100(83)87-22-9-10-31-93(87)117-96/h1-62H. The van der Waals surface area contributed by atoms with Crippen molar-refractivity contribution in [1.29, 1.82) is 0 Å². The molecule has 0 saturated heterocycles. The van der Waals surface area contributed by atoms with Crippen LogP contribution in [0.15, 0.2) is 394 Å². The molecule has 10 nitrogen and oxygen atoms in total. The van der Waals surface area contributed by atoms with Crippen LogP contribution in [0.4, 0.5) is 0 Å². The van der Waals surface area contributed by atoms with Gasteiger partial charge in [0.05, 0.1) is 0 Å². The van der Waals surface area contributed by atoms with Crippen LogP contribution in [0.2, 0.25) is 0 Å². The summed E-state index contributed by atoms with van der Waals surface area (Å²) in [5.74, 6) is 3.32. The molecular formula is C110H62N6O4. The average Bonchev–Trinajstić information content (AvgIpc) is 1.55. The van der Waals surface area contributed by atoms with Crippen molar-refractivity contribution in [3.05, 3.63) is 376 Å². The second kappa shape index (κ2) is 26.6. The number of aromatic nitrogens is 6. The Bertz CT molecular complexity index is 8620. The van der Waals surface area contributed by atoms with E-state index < -0.39 is 0 Å². The lowest BCUT2D eigenvalue weighted by atomic mass is 9.96. The van der Waals surface area contributed by atoms with Gasteiger partial charge in [-0.25, -0.2) is 29.9 Å². The first-order valence-corrected chi connectivity index (χ1v) is 40.3. The van der Waals surface area contributed by atoms with E-state index in [4.69, 9.17) is 47.6 Å². The highest BCUT2D eigenvalue weighted by Crippen LogP contribution is 2.47. The molecule has 6 heterocycles. The zero-order chi connectivity index (χ0) is 78.6. The van der Waals surface area contributed by atoms with E-state index >= 15 is 0 Å². The fourth-order valence-electron chi connectivity index (χ4n) is 18.3. The van der Waals surface area contributed by atoms with E-state index in [9.17, 15) is 0 Å². The number of hydrogen-bond acceptors (Lipinski definition) is 10. The van der Waals surface area contributed by atoms with Crippen LogP contribution < -0.4 is 0 Å². The molecule has 0 bridgehead atoms. The molecule has 120 heavy (non-hydrogen) atoms. The van der Waals surface area contributed by atoms with Crippen LogP contribution in [0.5, 0.6) is 0 Å². The quantitative estimate of drug-likeness (QED) is 0.123. The molecule has 25 rings (SSSR count). The summed E-state index contributed by atoms with van der Waals surface area (Å²) >= 11 is 0. The highest BCUT2D eigenvalue weighted by molar-refractivity contribution is 6.23. The number of hydrogen-bond donors (Lipinski definition) is 0. The maximum atomic E-state index is 6.85. The van der Waals surface area contributed by atoms with Crippen molar-refractivity contribution in [2.45, 2.75) is 0 Å². The molecule has 25 aromatic rings. The summed E-state index contributed by atoms with van der Waals surface area (Å²) in [6.07, 6.45) is 0. The van der Waals surface area contributed by atoms with Crippen molar-refractivity contribution in [3.8, 4) is 124 Å². The lowest BCUT2D eigenvalue weighted by Crippen LogP contribution is -2.01. The number of furan rings is 4. The Hall–Kier alpha value is -16.3. The lowest BCUT2D eigenvalue weighted by molar-refractivity contribution is 0.669.